The van der Waals surface area contributed by atoms with E-state index >= 15 is 0 Å². The van der Waals surface area contributed by atoms with E-state index in [2.05, 4.69) is 0 Å². The fourth-order valence-corrected chi connectivity index (χ4v) is 0.581. The van der Waals surface area contributed by atoms with E-state index in [9.17, 15) is 4.79 Å². The van der Waals surface area contributed by atoms with E-state index in [1.54, 1.807) is 30.3 Å². The number of aromatic carboxylic acids is 1. The molecule has 0 aromatic heterocycles. The molecule has 0 amide bonds. The van der Waals surface area contributed by atoms with Crippen molar-refractivity contribution in [3.05, 3.63) is 35.9 Å². The zero-order valence-electron chi connectivity index (χ0n) is 7.62. The topological polar surface area (TPSA) is 101 Å². The Hall–Kier alpha value is -0.365. The monoisotopic (exact) mass is 206 g/mol. The van der Waals surface area contributed by atoms with Crippen LogP contribution < -0.4 is 34.6 Å². The number of benzene rings is 1. The molecule has 0 unspecified atom stereocenters. The zero-order chi connectivity index (χ0) is 10.3. The zero-order valence-corrected chi connectivity index (χ0v) is 9.62. The average Bonchev–Trinajstić information content (AvgIpc) is 2.05. The van der Waals surface area contributed by atoms with Crippen LogP contribution in [0.15, 0.2) is 30.3 Å². The van der Waals surface area contributed by atoms with Crippen LogP contribution in [-0.2, 0) is 0 Å². The summed E-state index contributed by atoms with van der Waals surface area (Å²) < 4.78 is 0. The van der Waals surface area contributed by atoms with Crippen molar-refractivity contribution in [2.24, 2.45) is 0 Å². The van der Waals surface area contributed by atoms with Crippen LogP contribution in [0.2, 0.25) is 0 Å². The van der Waals surface area contributed by atoms with Gasteiger partial charge in [0.05, 0.1) is 5.56 Å². The van der Waals surface area contributed by atoms with Crippen LogP contribution in [0.3, 0.4) is 0 Å². The first-order valence-corrected chi connectivity index (χ1v) is 3.34. The van der Waals surface area contributed by atoms with Gasteiger partial charge >= 0.3 is 42.8 Å². The molecule has 0 aliphatic rings. The molecule has 0 radical (unpaired) electrons. The molecule has 5 nitrogen and oxygen atoms in total. The van der Waals surface area contributed by atoms with E-state index in [0.29, 0.717) is 5.56 Å². The molecule has 7 heteroatoms. The minimum atomic E-state index is -2.42. The van der Waals surface area contributed by atoms with Crippen LogP contribution in [0.4, 0.5) is 0 Å². The number of carboxylic acid groups (broad SMARTS) is 1. The minimum Gasteiger partial charge on any atom is -0.832 e. The number of rotatable bonds is 1. The van der Waals surface area contributed by atoms with Crippen molar-refractivity contribution in [2.75, 3.05) is 0 Å². The summed E-state index contributed by atoms with van der Waals surface area (Å²) in [4.78, 5) is 10.2. The molecule has 0 heterocycles. The third-order valence-electron chi connectivity index (χ3n) is 1.02. The first kappa shape index (κ1) is 16.1. The molecule has 1 rings (SSSR count). The molecule has 1 aromatic carbocycles. The van der Waals surface area contributed by atoms with Crippen LogP contribution in [0.25, 0.3) is 0 Å². The molecule has 3 N–H and O–H groups in total. The maximum absolute atomic E-state index is 10.2. The Labute approximate surface area is 103 Å². The SMILES string of the molecule is O=C(O)c1ccccc1.[Na+].[O-]B(O)O. The van der Waals surface area contributed by atoms with Crippen LogP contribution in [0, 0.1) is 0 Å². The van der Waals surface area contributed by atoms with Crippen LogP contribution >= 0.6 is 0 Å². The summed E-state index contributed by atoms with van der Waals surface area (Å²) >= 11 is 0. The molecule has 1 aromatic rings. The molecule has 14 heavy (non-hydrogen) atoms. The Morgan fingerprint density at radius 3 is 1.79 bits per heavy atom. The van der Waals surface area contributed by atoms with Crippen molar-refractivity contribution < 1.29 is 54.5 Å². The predicted octanol–water partition coefficient (Wildman–Crippen LogP) is -4.29. The molecular weight excluding hydrogens is 198 g/mol. The number of carboxylic acids is 1. The Kier molecular flexibility index (Phi) is 10.6. The van der Waals surface area contributed by atoms with Crippen molar-refractivity contribution in [1.82, 2.24) is 0 Å². The summed E-state index contributed by atoms with van der Waals surface area (Å²) in [7, 11) is -2.42. The van der Waals surface area contributed by atoms with Gasteiger partial charge in [0.2, 0.25) is 0 Å². The summed E-state index contributed by atoms with van der Waals surface area (Å²) in [6, 6.07) is 8.30. The van der Waals surface area contributed by atoms with Gasteiger partial charge in [-0.3, -0.25) is 0 Å². The molecule has 0 saturated heterocycles. The van der Waals surface area contributed by atoms with Crippen LogP contribution in [0.5, 0.6) is 0 Å². The predicted molar refractivity (Wildman–Crippen MR) is 43.6 cm³/mol. The van der Waals surface area contributed by atoms with E-state index in [1.165, 1.54) is 0 Å². The Morgan fingerprint density at radius 1 is 1.21 bits per heavy atom. The summed E-state index contributed by atoms with van der Waals surface area (Å²) in [5.41, 5.74) is 0.331. The number of hydrogen-bond donors (Lipinski definition) is 3. The second-order valence-corrected chi connectivity index (χ2v) is 2.00. The van der Waals surface area contributed by atoms with Gasteiger partial charge in [0.1, 0.15) is 0 Å². The Balaban J connectivity index is 0. The maximum atomic E-state index is 10.2. The molecule has 0 spiro atoms. The Morgan fingerprint density at radius 2 is 1.57 bits per heavy atom. The smallest absolute Gasteiger partial charge is 0.832 e. The van der Waals surface area contributed by atoms with Gasteiger partial charge in [-0.2, -0.15) is 0 Å². The second kappa shape index (κ2) is 9.20. The Bertz CT molecular complexity index is 251. The van der Waals surface area contributed by atoms with Gasteiger partial charge in [0.15, 0.2) is 0 Å². The van der Waals surface area contributed by atoms with Crippen molar-refractivity contribution in [3.63, 3.8) is 0 Å². The van der Waals surface area contributed by atoms with Crippen molar-refractivity contribution in [1.29, 1.82) is 0 Å². The normalized spacial score (nSPS) is 7.64. The molecule has 0 fully saturated rings. The van der Waals surface area contributed by atoms with Crippen molar-refractivity contribution in [3.8, 4) is 0 Å². The van der Waals surface area contributed by atoms with E-state index in [1.807, 2.05) is 0 Å². The van der Waals surface area contributed by atoms with Crippen LogP contribution in [0.1, 0.15) is 10.4 Å². The molecule has 0 aliphatic carbocycles. The van der Waals surface area contributed by atoms with Gasteiger partial charge in [-0.1, -0.05) is 18.2 Å². The van der Waals surface area contributed by atoms with E-state index in [-0.39, 0.29) is 29.6 Å². The largest absolute Gasteiger partial charge is 1.00 e. The van der Waals surface area contributed by atoms with E-state index < -0.39 is 13.3 Å². The standard InChI is InChI=1S/C7H6O2.BH2O3.Na/c8-7(9)6-4-2-1-3-5-6;2-1(3)4;/h1-5H,(H,8,9);2-3H;/q;-1;+1. The van der Waals surface area contributed by atoms with Crippen LogP contribution in [-0.4, -0.2) is 28.4 Å². The average molecular weight is 206 g/mol. The number of carbonyl (C=O) groups is 1. The second-order valence-electron chi connectivity index (χ2n) is 2.00. The summed E-state index contributed by atoms with van der Waals surface area (Å²) in [5, 5.41) is 31.1. The third-order valence-corrected chi connectivity index (χ3v) is 1.02. The molecule has 0 atom stereocenters. The fraction of sp³-hybridized carbons (Fsp3) is 0. The first-order chi connectivity index (χ1) is 6.04. The first-order valence-electron chi connectivity index (χ1n) is 3.34. The van der Waals surface area contributed by atoms with Gasteiger partial charge in [0.25, 0.3) is 0 Å². The van der Waals surface area contributed by atoms with Gasteiger partial charge in [-0.05, 0) is 12.1 Å². The third kappa shape index (κ3) is 9.72. The summed E-state index contributed by atoms with van der Waals surface area (Å²) in [5.74, 6) is -0.879. The van der Waals surface area contributed by atoms with Gasteiger partial charge in [-0.25, -0.2) is 4.79 Å². The maximum Gasteiger partial charge on any atom is 1.00 e. The summed E-state index contributed by atoms with van der Waals surface area (Å²) in [6.45, 7) is 0. The summed E-state index contributed by atoms with van der Waals surface area (Å²) in [6.07, 6.45) is 0. The number of hydrogen-bond acceptors (Lipinski definition) is 4. The van der Waals surface area contributed by atoms with Gasteiger partial charge < -0.3 is 20.2 Å². The molecule has 0 saturated carbocycles. The van der Waals surface area contributed by atoms with Crippen molar-refractivity contribution >= 4 is 13.3 Å². The van der Waals surface area contributed by atoms with Crippen molar-refractivity contribution in [2.45, 2.75) is 0 Å². The van der Waals surface area contributed by atoms with Gasteiger partial charge in [0, 0.05) is 0 Å². The van der Waals surface area contributed by atoms with E-state index in [4.69, 9.17) is 20.2 Å². The van der Waals surface area contributed by atoms with E-state index in [0.717, 1.165) is 0 Å². The molecule has 0 aliphatic heterocycles. The fourth-order valence-electron chi connectivity index (χ4n) is 0.581. The quantitative estimate of drug-likeness (QED) is 0.403. The minimum absolute atomic E-state index is 0. The molecular formula is C7H8BNaO5. The molecule has 70 valence electrons. The molecule has 0 bridgehead atoms. The van der Waals surface area contributed by atoms with Gasteiger partial charge in [-0.15, -0.1) is 0 Å².